The third kappa shape index (κ3) is 2.21. The summed E-state index contributed by atoms with van der Waals surface area (Å²) in [5.41, 5.74) is 6.78. The van der Waals surface area contributed by atoms with E-state index in [0.717, 1.165) is 24.0 Å². The third-order valence-electron chi connectivity index (χ3n) is 3.03. The number of anilines is 1. The molecule has 0 bridgehead atoms. The average molecular weight is 241 g/mol. The summed E-state index contributed by atoms with van der Waals surface area (Å²) >= 11 is 1.76. The zero-order chi connectivity index (χ0) is 11.7. The van der Waals surface area contributed by atoms with Gasteiger partial charge in [0.25, 0.3) is 0 Å². The standard InChI is InChI=1S/C11H19N3OS/c1-7-6-15-10(4-12)5-14(7)11-13-8(2)9(3)16-11/h7,10H,4-6,12H2,1-3H3. The molecule has 1 aliphatic rings. The summed E-state index contributed by atoms with van der Waals surface area (Å²) in [7, 11) is 0. The Morgan fingerprint density at radius 1 is 1.56 bits per heavy atom. The number of nitrogens with two attached hydrogens (primary N) is 1. The van der Waals surface area contributed by atoms with Crippen LogP contribution < -0.4 is 10.6 Å². The van der Waals surface area contributed by atoms with Gasteiger partial charge in [-0.2, -0.15) is 0 Å². The van der Waals surface area contributed by atoms with E-state index < -0.39 is 0 Å². The van der Waals surface area contributed by atoms with Crippen molar-refractivity contribution in [1.29, 1.82) is 0 Å². The monoisotopic (exact) mass is 241 g/mol. The van der Waals surface area contributed by atoms with Gasteiger partial charge in [-0.15, -0.1) is 11.3 Å². The second-order valence-corrected chi connectivity index (χ2v) is 5.51. The number of rotatable bonds is 2. The van der Waals surface area contributed by atoms with Crippen LogP contribution in [0.4, 0.5) is 5.13 Å². The lowest BCUT2D eigenvalue weighted by atomic mass is 10.2. The number of nitrogens with zero attached hydrogens (tertiary/aromatic N) is 2. The van der Waals surface area contributed by atoms with E-state index >= 15 is 0 Å². The molecule has 0 radical (unpaired) electrons. The van der Waals surface area contributed by atoms with Crippen LogP contribution in [0.25, 0.3) is 0 Å². The lowest BCUT2D eigenvalue weighted by Crippen LogP contribution is -2.50. The molecule has 1 aromatic rings. The smallest absolute Gasteiger partial charge is 0.186 e. The van der Waals surface area contributed by atoms with Crippen molar-refractivity contribution in [1.82, 2.24) is 4.98 Å². The fourth-order valence-corrected chi connectivity index (χ4v) is 2.83. The number of ether oxygens (including phenoxy) is 1. The molecule has 1 saturated heterocycles. The van der Waals surface area contributed by atoms with E-state index in [-0.39, 0.29) is 6.10 Å². The Balaban J connectivity index is 2.17. The van der Waals surface area contributed by atoms with Gasteiger partial charge < -0.3 is 15.4 Å². The van der Waals surface area contributed by atoms with E-state index in [1.807, 2.05) is 0 Å². The summed E-state index contributed by atoms with van der Waals surface area (Å²) in [6.07, 6.45) is 0.140. The molecule has 1 aromatic heterocycles. The van der Waals surface area contributed by atoms with Crippen LogP contribution in [0, 0.1) is 13.8 Å². The molecule has 2 unspecified atom stereocenters. The molecular weight excluding hydrogens is 222 g/mol. The van der Waals surface area contributed by atoms with Crippen LogP contribution in [0.3, 0.4) is 0 Å². The summed E-state index contributed by atoms with van der Waals surface area (Å²) in [6.45, 7) is 8.50. The minimum absolute atomic E-state index is 0.140. The van der Waals surface area contributed by atoms with Crippen LogP contribution in [0.1, 0.15) is 17.5 Å². The summed E-state index contributed by atoms with van der Waals surface area (Å²) in [5, 5.41) is 1.10. The summed E-state index contributed by atoms with van der Waals surface area (Å²) < 4.78 is 5.64. The molecule has 0 aromatic carbocycles. The van der Waals surface area contributed by atoms with Gasteiger partial charge in [0, 0.05) is 18.0 Å². The van der Waals surface area contributed by atoms with Gasteiger partial charge in [0.2, 0.25) is 0 Å². The van der Waals surface area contributed by atoms with Crippen molar-refractivity contribution in [2.45, 2.75) is 32.9 Å². The molecule has 0 aliphatic carbocycles. The van der Waals surface area contributed by atoms with Crippen LogP contribution in [0.2, 0.25) is 0 Å². The molecule has 2 rings (SSSR count). The fourth-order valence-electron chi connectivity index (χ4n) is 1.81. The van der Waals surface area contributed by atoms with Crippen LogP contribution in [-0.4, -0.2) is 36.8 Å². The molecule has 2 N–H and O–H groups in total. The zero-order valence-electron chi connectivity index (χ0n) is 10.1. The van der Waals surface area contributed by atoms with Crippen molar-refractivity contribution in [3.63, 3.8) is 0 Å². The number of aryl methyl sites for hydroxylation is 2. The number of aromatic nitrogens is 1. The number of thiazole rings is 1. The Morgan fingerprint density at radius 3 is 2.88 bits per heavy atom. The minimum atomic E-state index is 0.140. The molecule has 0 spiro atoms. The lowest BCUT2D eigenvalue weighted by molar-refractivity contribution is 0.0283. The topological polar surface area (TPSA) is 51.4 Å². The minimum Gasteiger partial charge on any atom is -0.373 e. The van der Waals surface area contributed by atoms with Crippen molar-refractivity contribution in [3.05, 3.63) is 10.6 Å². The zero-order valence-corrected chi connectivity index (χ0v) is 10.9. The molecule has 0 saturated carbocycles. The Kier molecular flexibility index (Phi) is 3.47. The second kappa shape index (κ2) is 4.69. The predicted octanol–water partition coefficient (Wildman–Crippen LogP) is 1.31. The molecule has 0 amide bonds. The number of hydrogen-bond donors (Lipinski definition) is 1. The molecule has 2 heterocycles. The average Bonchev–Trinajstić information content (AvgIpc) is 2.60. The summed E-state index contributed by atoms with van der Waals surface area (Å²) in [4.78, 5) is 8.20. The van der Waals surface area contributed by atoms with Crippen molar-refractivity contribution < 1.29 is 4.74 Å². The Labute approximate surface area is 100 Å². The highest BCUT2D eigenvalue weighted by atomic mass is 32.1. The third-order valence-corrected chi connectivity index (χ3v) is 4.14. The van der Waals surface area contributed by atoms with Gasteiger partial charge in [0.1, 0.15) is 0 Å². The van der Waals surface area contributed by atoms with E-state index in [4.69, 9.17) is 10.5 Å². The Hall–Kier alpha value is -0.650. The van der Waals surface area contributed by atoms with Crippen LogP contribution in [0.5, 0.6) is 0 Å². The van der Waals surface area contributed by atoms with E-state index in [1.54, 1.807) is 11.3 Å². The van der Waals surface area contributed by atoms with Gasteiger partial charge >= 0.3 is 0 Å². The van der Waals surface area contributed by atoms with Crippen LogP contribution >= 0.6 is 11.3 Å². The first-order chi connectivity index (χ1) is 7.61. The van der Waals surface area contributed by atoms with Gasteiger partial charge in [-0.25, -0.2) is 4.98 Å². The first-order valence-electron chi connectivity index (χ1n) is 5.64. The van der Waals surface area contributed by atoms with Crippen molar-refractivity contribution in [3.8, 4) is 0 Å². The quantitative estimate of drug-likeness (QED) is 0.848. The molecular formula is C11H19N3OS. The van der Waals surface area contributed by atoms with Gasteiger partial charge in [-0.3, -0.25) is 0 Å². The maximum absolute atomic E-state index is 5.66. The van der Waals surface area contributed by atoms with Crippen molar-refractivity contribution in [2.24, 2.45) is 5.73 Å². The van der Waals surface area contributed by atoms with Crippen LogP contribution in [-0.2, 0) is 4.74 Å². The number of morpholine rings is 1. The molecule has 1 fully saturated rings. The van der Waals surface area contributed by atoms with Crippen LogP contribution in [0.15, 0.2) is 0 Å². The highest BCUT2D eigenvalue weighted by Crippen LogP contribution is 2.28. The van der Waals surface area contributed by atoms with Gasteiger partial charge in [-0.1, -0.05) is 0 Å². The maximum Gasteiger partial charge on any atom is 0.186 e. The SMILES string of the molecule is Cc1nc(N2CC(CN)OCC2C)sc1C. The second-order valence-electron chi connectivity index (χ2n) is 4.33. The Morgan fingerprint density at radius 2 is 2.31 bits per heavy atom. The molecule has 90 valence electrons. The normalized spacial score (nSPS) is 26.1. The van der Waals surface area contributed by atoms with Gasteiger partial charge in [0.15, 0.2) is 5.13 Å². The summed E-state index contributed by atoms with van der Waals surface area (Å²) in [5.74, 6) is 0. The number of hydrogen-bond acceptors (Lipinski definition) is 5. The molecule has 4 nitrogen and oxygen atoms in total. The lowest BCUT2D eigenvalue weighted by Gasteiger charge is -2.37. The van der Waals surface area contributed by atoms with Crippen molar-refractivity contribution in [2.75, 3.05) is 24.6 Å². The summed E-state index contributed by atoms with van der Waals surface area (Å²) in [6, 6.07) is 0.382. The molecule has 16 heavy (non-hydrogen) atoms. The van der Waals surface area contributed by atoms with Gasteiger partial charge in [0.05, 0.1) is 24.4 Å². The first kappa shape index (κ1) is 11.8. The maximum atomic E-state index is 5.66. The predicted molar refractivity (Wildman–Crippen MR) is 67.2 cm³/mol. The van der Waals surface area contributed by atoms with Gasteiger partial charge in [-0.05, 0) is 20.8 Å². The van der Waals surface area contributed by atoms with E-state index in [0.29, 0.717) is 12.6 Å². The highest BCUT2D eigenvalue weighted by molar-refractivity contribution is 7.15. The largest absolute Gasteiger partial charge is 0.373 e. The first-order valence-corrected chi connectivity index (χ1v) is 6.45. The Bertz CT molecular complexity index is 347. The van der Waals surface area contributed by atoms with Crippen molar-refractivity contribution >= 4 is 16.5 Å². The molecule has 1 aliphatic heterocycles. The van der Waals surface area contributed by atoms with E-state index in [2.05, 4.69) is 30.7 Å². The highest BCUT2D eigenvalue weighted by Gasteiger charge is 2.27. The van der Waals surface area contributed by atoms with E-state index in [1.165, 1.54) is 4.88 Å². The molecule has 2 atom stereocenters. The fraction of sp³-hybridized carbons (Fsp3) is 0.727. The molecule has 5 heteroatoms. The van der Waals surface area contributed by atoms with E-state index in [9.17, 15) is 0 Å².